The Hall–Kier alpha value is -1.05. The van der Waals surface area contributed by atoms with Crippen molar-refractivity contribution >= 4 is 17.7 Å². The highest BCUT2D eigenvalue weighted by molar-refractivity contribution is 8.01. The largest absolute Gasteiger partial charge is 0.381 e. The van der Waals surface area contributed by atoms with E-state index in [0.717, 1.165) is 82.8 Å². The number of hydrogen-bond donors (Lipinski definition) is 1. The maximum atomic E-state index is 12.8. The molecule has 0 unspecified atom stereocenters. The van der Waals surface area contributed by atoms with Crippen LogP contribution in [0.2, 0.25) is 0 Å². The summed E-state index contributed by atoms with van der Waals surface area (Å²) < 4.78 is 11.8. The molecule has 1 spiro atoms. The van der Waals surface area contributed by atoms with Crippen LogP contribution in [-0.2, 0) is 22.3 Å². The van der Waals surface area contributed by atoms with Crippen LogP contribution < -0.4 is 0 Å². The lowest BCUT2D eigenvalue weighted by molar-refractivity contribution is -0.0119. The maximum Gasteiger partial charge on any atom is 0.274 e. The topological polar surface area (TPSA) is 67.5 Å². The van der Waals surface area contributed by atoms with E-state index in [0.29, 0.717) is 17.7 Å². The van der Waals surface area contributed by atoms with E-state index in [9.17, 15) is 4.79 Å². The first-order valence-electron chi connectivity index (χ1n) is 9.91. The van der Waals surface area contributed by atoms with Crippen LogP contribution in [0.15, 0.2) is 0 Å². The molecule has 4 aliphatic rings. The van der Waals surface area contributed by atoms with Crippen LogP contribution in [0.5, 0.6) is 0 Å². The summed E-state index contributed by atoms with van der Waals surface area (Å²) in [6.45, 7) is 4.31. The molecule has 4 heterocycles. The van der Waals surface area contributed by atoms with Crippen LogP contribution in [0.3, 0.4) is 0 Å². The van der Waals surface area contributed by atoms with Gasteiger partial charge >= 0.3 is 0 Å². The number of H-pyrrole nitrogens is 1. The molecule has 7 heteroatoms. The predicted octanol–water partition coefficient (Wildman–Crippen LogP) is 2.04. The molecule has 3 saturated heterocycles. The van der Waals surface area contributed by atoms with Gasteiger partial charge in [0.2, 0.25) is 0 Å². The number of carbonyl (C=O) groups excluding carboxylic acids is 1. The number of nitrogens with zero attached hydrogens (tertiary/aromatic N) is 2. The minimum atomic E-state index is 0.113. The second kappa shape index (κ2) is 6.84. The zero-order valence-corrected chi connectivity index (χ0v) is 16.0. The highest BCUT2D eigenvalue weighted by Crippen LogP contribution is 2.46. The molecule has 0 bridgehead atoms. The summed E-state index contributed by atoms with van der Waals surface area (Å²) in [6, 6.07) is 0. The van der Waals surface area contributed by atoms with Crippen molar-refractivity contribution in [1.29, 1.82) is 0 Å². The van der Waals surface area contributed by atoms with Crippen LogP contribution >= 0.6 is 11.8 Å². The highest BCUT2D eigenvalue weighted by Gasteiger charge is 2.51. The molecule has 1 N–H and O–H groups in total. The van der Waals surface area contributed by atoms with E-state index in [2.05, 4.69) is 10.2 Å². The van der Waals surface area contributed by atoms with Crippen molar-refractivity contribution in [3.63, 3.8) is 0 Å². The summed E-state index contributed by atoms with van der Waals surface area (Å²) in [5.41, 5.74) is 3.00. The van der Waals surface area contributed by atoms with Crippen molar-refractivity contribution in [2.24, 2.45) is 5.92 Å². The number of aromatic amines is 1. The molecule has 26 heavy (non-hydrogen) atoms. The fourth-order valence-electron chi connectivity index (χ4n) is 4.75. The van der Waals surface area contributed by atoms with Gasteiger partial charge in [-0.1, -0.05) is 0 Å². The van der Waals surface area contributed by atoms with Crippen molar-refractivity contribution in [1.82, 2.24) is 15.1 Å². The van der Waals surface area contributed by atoms with Gasteiger partial charge in [0, 0.05) is 49.9 Å². The third-order valence-corrected chi connectivity index (χ3v) is 7.91. The molecule has 5 rings (SSSR count). The number of amides is 1. The van der Waals surface area contributed by atoms with E-state index < -0.39 is 0 Å². The van der Waals surface area contributed by atoms with Gasteiger partial charge in [-0.05, 0) is 44.4 Å². The monoisotopic (exact) mass is 377 g/mol. The van der Waals surface area contributed by atoms with Gasteiger partial charge in [0.15, 0.2) is 5.69 Å². The Morgan fingerprint density at radius 3 is 3.04 bits per heavy atom. The van der Waals surface area contributed by atoms with E-state index in [4.69, 9.17) is 9.47 Å². The second-order valence-corrected chi connectivity index (χ2v) is 9.74. The lowest BCUT2D eigenvalue weighted by Gasteiger charge is -2.47. The SMILES string of the molecule is O=C(c1n[nH]c2c1CCC2)N1CC2(C[C@@H](OCC3CCOCC3)CS2)C1. The van der Waals surface area contributed by atoms with Crippen LogP contribution in [0, 0.1) is 5.92 Å². The Kier molecular flexibility index (Phi) is 4.49. The lowest BCUT2D eigenvalue weighted by atomic mass is 9.92. The number of likely N-dealkylation sites (tertiary alicyclic amines) is 1. The van der Waals surface area contributed by atoms with Gasteiger partial charge in [-0.2, -0.15) is 5.10 Å². The Labute approximate surface area is 158 Å². The predicted molar refractivity (Wildman–Crippen MR) is 99.6 cm³/mol. The Balaban J connectivity index is 1.12. The number of thioether (sulfide) groups is 1. The molecule has 1 aromatic rings. The fraction of sp³-hybridized carbons (Fsp3) is 0.789. The molecule has 1 atom stereocenters. The smallest absolute Gasteiger partial charge is 0.274 e. The van der Waals surface area contributed by atoms with Crippen molar-refractivity contribution < 1.29 is 14.3 Å². The molecule has 3 fully saturated rings. The minimum absolute atomic E-state index is 0.113. The zero-order chi connectivity index (χ0) is 17.6. The van der Waals surface area contributed by atoms with Gasteiger partial charge in [0.25, 0.3) is 5.91 Å². The number of aryl methyl sites for hydroxylation is 1. The number of carbonyl (C=O) groups is 1. The maximum absolute atomic E-state index is 12.8. The van der Waals surface area contributed by atoms with Crippen molar-refractivity contribution in [2.45, 2.75) is 49.4 Å². The molecule has 1 aromatic heterocycles. The van der Waals surface area contributed by atoms with Gasteiger partial charge in [-0.3, -0.25) is 9.89 Å². The van der Waals surface area contributed by atoms with Crippen LogP contribution in [0.1, 0.15) is 47.4 Å². The van der Waals surface area contributed by atoms with Gasteiger partial charge in [0.1, 0.15) is 0 Å². The van der Waals surface area contributed by atoms with E-state index >= 15 is 0 Å². The number of rotatable bonds is 4. The highest BCUT2D eigenvalue weighted by atomic mass is 32.2. The molecular weight excluding hydrogens is 350 g/mol. The molecule has 1 aliphatic carbocycles. The Bertz CT molecular complexity index is 680. The molecule has 1 amide bonds. The van der Waals surface area contributed by atoms with E-state index in [-0.39, 0.29) is 10.7 Å². The van der Waals surface area contributed by atoms with E-state index in [1.54, 1.807) is 0 Å². The molecule has 6 nitrogen and oxygen atoms in total. The van der Waals surface area contributed by atoms with Crippen molar-refractivity contribution in [2.75, 3.05) is 38.7 Å². The van der Waals surface area contributed by atoms with Gasteiger partial charge in [-0.15, -0.1) is 11.8 Å². The summed E-state index contributed by atoms with van der Waals surface area (Å²) in [4.78, 5) is 14.8. The van der Waals surface area contributed by atoms with E-state index in [1.165, 1.54) is 5.69 Å². The van der Waals surface area contributed by atoms with Crippen molar-refractivity contribution in [3.8, 4) is 0 Å². The van der Waals surface area contributed by atoms with Crippen LogP contribution in [0.4, 0.5) is 0 Å². The third-order valence-electron chi connectivity index (χ3n) is 6.34. The fourth-order valence-corrected chi connectivity index (χ4v) is 6.31. The van der Waals surface area contributed by atoms with Crippen LogP contribution in [0.25, 0.3) is 0 Å². The Morgan fingerprint density at radius 2 is 2.19 bits per heavy atom. The quantitative estimate of drug-likeness (QED) is 0.870. The standard InChI is InChI=1S/C19H27N3O3S/c23-18(17-15-2-1-3-16(15)20-21-17)22-11-19(12-22)8-14(10-26-19)25-9-13-4-6-24-7-5-13/h13-14H,1-12H2,(H,20,21)/t14-/m1/s1. The van der Waals surface area contributed by atoms with Crippen molar-refractivity contribution in [3.05, 3.63) is 17.0 Å². The average Bonchev–Trinajstić information content (AvgIpc) is 3.34. The summed E-state index contributed by atoms with van der Waals surface area (Å²) in [5, 5.41) is 7.35. The molecule has 3 aliphatic heterocycles. The molecule has 0 aromatic carbocycles. The first-order chi connectivity index (χ1) is 12.7. The summed E-state index contributed by atoms with van der Waals surface area (Å²) >= 11 is 2.00. The summed E-state index contributed by atoms with van der Waals surface area (Å²) in [6.07, 6.45) is 6.82. The minimum Gasteiger partial charge on any atom is -0.381 e. The Morgan fingerprint density at radius 1 is 1.35 bits per heavy atom. The summed E-state index contributed by atoms with van der Waals surface area (Å²) in [7, 11) is 0. The molecule has 0 radical (unpaired) electrons. The zero-order valence-electron chi connectivity index (χ0n) is 15.2. The average molecular weight is 378 g/mol. The number of hydrogen-bond acceptors (Lipinski definition) is 5. The normalized spacial score (nSPS) is 27.7. The number of fused-ring (bicyclic) bond motifs is 1. The van der Waals surface area contributed by atoms with Gasteiger partial charge in [0.05, 0.1) is 10.9 Å². The second-order valence-electron chi connectivity index (χ2n) is 8.25. The molecule has 0 saturated carbocycles. The number of aromatic nitrogens is 2. The number of ether oxygens (including phenoxy) is 2. The molecular formula is C19H27N3O3S. The van der Waals surface area contributed by atoms with Gasteiger partial charge in [-0.25, -0.2) is 0 Å². The third kappa shape index (κ3) is 3.08. The lowest BCUT2D eigenvalue weighted by Crippen LogP contribution is -2.61. The van der Waals surface area contributed by atoms with Gasteiger partial charge < -0.3 is 14.4 Å². The first kappa shape index (κ1) is 17.1. The van der Waals surface area contributed by atoms with E-state index in [1.807, 2.05) is 16.7 Å². The van der Waals surface area contributed by atoms with Crippen LogP contribution in [-0.4, -0.2) is 70.5 Å². The first-order valence-corrected chi connectivity index (χ1v) is 10.9. The summed E-state index contributed by atoms with van der Waals surface area (Å²) in [5.74, 6) is 1.83. The number of nitrogens with one attached hydrogen (secondary N) is 1. The molecule has 142 valence electrons.